The van der Waals surface area contributed by atoms with Crippen LogP contribution in [0.4, 0.5) is 15.0 Å². The Morgan fingerprint density at radius 2 is 2.12 bits per heavy atom. The van der Waals surface area contributed by atoms with Crippen molar-refractivity contribution >= 4 is 33.7 Å². The summed E-state index contributed by atoms with van der Waals surface area (Å²) in [4.78, 5) is 30.7. The zero-order valence-corrected chi connectivity index (χ0v) is 16.2. The normalized spacial score (nSPS) is 24.7. The van der Waals surface area contributed by atoms with Crippen LogP contribution in [-0.4, -0.2) is 40.1 Å². The summed E-state index contributed by atoms with van der Waals surface area (Å²) in [6, 6.07) is 0.720. The van der Waals surface area contributed by atoms with Crippen LogP contribution in [0.1, 0.15) is 32.8 Å². The molecule has 3 atom stereocenters. The van der Waals surface area contributed by atoms with Crippen molar-refractivity contribution in [1.82, 2.24) is 9.88 Å². The number of aryl methyl sites for hydroxylation is 1. The van der Waals surface area contributed by atoms with Crippen LogP contribution >= 0.6 is 15.9 Å². The Hall–Kier alpha value is -1.70. The first-order valence-electron chi connectivity index (χ1n) is 8.20. The Bertz CT molecular complexity index is 735. The fourth-order valence-corrected chi connectivity index (χ4v) is 3.48. The SMILES string of the molecule is Cc1cc(F)c(Br)nc1NC(=O)[C@@H]1[C@@H]2C[C@@H]2CN1C(=O)OC(C)(C)C. The Morgan fingerprint density at radius 3 is 2.76 bits per heavy atom. The molecule has 1 aromatic rings. The van der Waals surface area contributed by atoms with Crippen LogP contribution in [0.2, 0.25) is 0 Å². The van der Waals surface area contributed by atoms with Gasteiger partial charge in [-0.1, -0.05) is 0 Å². The lowest BCUT2D eigenvalue weighted by Gasteiger charge is -2.29. The molecule has 1 aliphatic carbocycles. The van der Waals surface area contributed by atoms with E-state index in [4.69, 9.17) is 4.74 Å². The molecule has 25 heavy (non-hydrogen) atoms. The Balaban J connectivity index is 1.76. The lowest BCUT2D eigenvalue weighted by atomic mass is 10.1. The number of halogens is 2. The number of carbonyl (C=O) groups excluding carboxylic acids is 2. The molecule has 1 aliphatic heterocycles. The van der Waals surface area contributed by atoms with Crippen molar-refractivity contribution in [2.45, 2.75) is 45.8 Å². The number of anilines is 1. The summed E-state index contributed by atoms with van der Waals surface area (Å²) < 4.78 is 18.9. The Morgan fingerprint density at radius 1 is 1.44 bits per heavy atom. The molecule has 3 rings (SSSR count). The van der Waals surface area contributed by atoms with Crippen LogP contribution in [0.25, 0.3) is 0 Å². The topological polar surface area (TPSA) is 71.5 Å². The zero-order valence-electron chi connectivity index (χ0n) is 14.6. The first-order chi connectivity index (χ1) is 11.6. The minimum Gasteiger partial charge on any atom is -0.444 e. The van der Waals surface area contributed by atoms with Crippen LogP contribution in [0, 0.1) is 24.6 Å². The smallest absolute Gasteiger partial charge is 0.410 e. The zero-order chi connectivity index (χ0) is 18.5. The van der Waals surface area contributed by atoms with Crippen molar-refractivity contribution < 1.29 is 18.7 Å². The van der Waals surface area contributed by atoms with E-state index in [2.05, 4.69) is 26.2 Å². The Labute approximate surface area is 154 Å². The number of ether oxygens (including phenoxy) is 1. The Kier molecular flexibility index (Phi) is 4.51. The average molecular weight is 414 g/mol. The van der Waals surface area contributed by atoms with Gasteiger partial charge in [-0.05, 0) is 73.5 Å². The molecule has 136 valence electrons. The van der Waals surface area contributed by atoms with Crippen LogP contribution in [0.15, 0.2) is 10.7 Å². The maximum absolute atomic E-state index is 13.5. The summed E-state index contributed by atoms with van der Waals surface area (Å²) in [5.41, 5.74) is -0.103. The van der Waals surface area contributed by atoms with Crippen molar-refractivity contribution in [2.24, 2.45) is 11.8 Å². The molecule has 0 unspecified atom stereocenters. The lowest BCUT2D eigenvalue weighted by molar-refractivity contribution is -0.121. The molecule has 0 aromatic carbocycles. The molecule has 0 bridgehead atoms. The van der Waals surface area contributed by atoms with Crippen molar-refractivity contribution in [3.8, 4) is 0 Å². The molecule has 1 saturated heterocycles. The highest BCUT2D eigenvalue weighted by molar-refractivity contribution is 9.10. The van der Waals surface area contributed by atoms with Gasteiger partial charge in [0.2, 0.25) is 5.91 Å². The van der Waals surface area contributed by atoms with Gasteiger partial charge in [-0.25, -0.2) is 14.2 Å². The van der Waals surface area contributed by atoms with Crippen LogP contribution in [-0.2, 0) is 9.53 Å². The molecular formula is C17H21BrFN3O3. The average Bonchev–Trinajstić information content (AvgIpc) is 3.13. The van der Waals surface area contributed by atoms with Gasteiger partial charge in [0.25, 0.3) is 0 Å². The van der Waals surface area contributed by atoms with Gasteiger partial charge < -0.3 is 10.1 Å². The van der Waals surface area contributed by atoms with E-state index in [9.17, 15) is 14.0 Å². The second-order valence-corrected chi connectivity index (χ2v) is 8.40. The number of nitrogens with zero attached hydrogens (tertiary/aromatic N) is 2. The maximum Gasteiger partial charge on any atom is 0.410 e. The van der Waals surface area contributed by atoms with Gasteiger partial charge in [-0.15, -0.1) is 0 Å². The summed E-state index contributed by atoms with van der Waals surface area (Å²) >= 11 is 3.02. The summed E-state index contributed by atoms with van der Waals surface area (Å²) in [5.74, 6) is -0.0283. The van der Waals surface area contributed by atoms with E-state index in [1.807, 2.05) is 0 Å². The van der Waals surface area contributed by atoms with E-state index >= 15 is 0 Å². The molecule has 1 N–H and O–H groups in total. The van der Waals surface area contributed by atoms with Gasteiger partial charge in [0.1, 0.15) is 22.1 Å². The van der Waals surface area contributed by atoms with Crippen LogP contribution in [0.3, 0.4) is 0 Å². The summed E-state index contributed by atoms with van der Waals surface area (Å²) in [5, 5.41) is 2.73. The molecule has 2 amide bonds. The number of hydrogen-bond donors (Lipinski definition) is 1. The third-order valence-corrected chi connectivity index (χ3v) is 4.97. The molecule has 1 aromatic heterocycles. The second-order valence-electron chi connectivity index (χ2n) is 7.65. The van der Waals surface area contributed by atoms with Crippen molar-refractivity contribution in [2.75, 3.05) is 11.9 Å². The number of hydrogen-bond acceptors (Lipinski definition) is 4. The second kappa shape index (κ2) is 6.23. The van der Waals surface area contributed by atoms with E-state index in [-0.39, 0.29) is 22.2 Å². The standard InChI is InChI=1S/C17H21BrFN3O3/c1-8-5-11(19)13(18)20-14(8)21-15(23)12-10-6-9(10)7-22(12)16(24)25-17(2,3)4/h5,9-10,12H,6-7H2,1-4H3,(H,20,21,23)/t9-,10-,12+/m1/s1. The van der Waals surface area contributed by atoms with Crippen molar-refractivity contribution in [1.29, 1.82) is 0 Å². The lowest BCUT2D eigenvalue weighted by Crippen LogP contribution is -2.47. The van der Waals surface area contributed by atoms with E-state index in [0.717, 1.165) is 6.42 Å². The molecule has 2 aliphatic rings. The molecule has 1 saturated carbocycles. The number of amides is 2. The van der Waals surface area contributed by atoms with Crippen molar-refractivity contribution in [3.63, 3.8) is 0 Å². The summed E-state index contributed by atoms with van der Waals surface area (Å²) in [6.45, 7) is 7.57. The number of nitrogens with one attached hydrogen (secondary N) is 1. The van der Waals surface area contributed by atoms with Gasteiger partial charge in [-0.3, -0.25) is 9.69 Å². The quantitative estimate of drug-likeness (QED) is 0.753. The third kappa shape index (κ3) is 3.78. The van der Waals surface area contributed by atoms with Gasteiger partial charge in [0, 0.05) is 6.54 Å². The molecule has 0 spiro atoms. The number of likely N-dealkylation sites (tertiary alicyclic amines) is 1. The number of piperidine rings is 1. The van der Waals surface area contributed by atoms with Gasteiger partial charge in [0.15, 0.2) is 5.82 Å². The summed E-state index contributed by atoms with van der Waals surface area (Å²) in [7, 11) is 0. The number of fused-ring (bicyclic) bond motifs is 1. The number of rotatable bonds is 2. The minimum atomic E-state index is -0.620. The predicted octanol–water partition coefficient (Wildman–Crippen LogP) is 3.49. The van der Waals surface area contributed by atoms with Gasteiger partial charge in [0.05, 0.1) is 0 Å². The summed E-state index contributed by atoms with van der Waals surface area (Å²) in [6.07, 6.45) is 0.446. The van der Waals surface area contributed by atoms with E-state index in [1.165, 1.54) is 11.0 Å². The molecule has 0 radical (unpaired) electrons. The number of carbonyl (C=O) groups is 2. The fourth-order valence-electron chi connectivity index (χ4n) is 3.18. The number of aromatic nitrogens is 1. The fraction of sp³-hybridized carbons (Fsp3) is 0.588. The third-order valence-electron chi connectivity index (χ3n) is 4.41. The van der Waals surface area contributed by atoms with Gasteiger partial charge in [-0.2, -0.15) is 0 Å². The van der Waals surface area contributed by atoms with E-state index in [1.54, 1.807) is 27.7 Å². The monoisotopic (exact) mass is 413 g/mol. The van der Waals surface area contributed by atoms with Crippen LogP contribution < -0.4 is 5.32 Å². The molecular weight excluding hydrogens is 393 g/mol. The van der Waals surface area contributed by atoms with Crippen molar-refractivity contribution in [3.05, 3.63) is 22.1 Å². The maximum atomic E-state index is 13.5. The highest BCUT2D eigenvalue weighted by Gasteiger charge is 2.57. The van der Waals surface area contributed by atoms with Crippen LogP contribution in [0.5, 0.6) is 0 Å². The number of pyridine rings is 1. The predicted molar refractivity (Wildman–Crippen MR) is 93.6 cm³/mol. The highest BCUT2D eigenvalue weighted by atomic mass is 79.9. The van der Waals surface area contributed by atoms with E-state index < -0.39 is 23.6 Å². The molecule has 6 nitrogen and oxygen atoms in total. The van der Waals surface area contributed by atoms with E-state index in [0.29, 0.717) is 18.0 Å². The van der Waals surface area contributed by atoms with Gasteiger partial charge >= 0.3 is 6.09 Å². The first kappa shape index (κ1) is 18.1. The highest BCUT2D eigenvalue weighted by Crippen LogP contribution is 2.50. The molecule has 2 heterocycles. The molecule has 8 heteroatoms. The molecule has 2 fully saturated rings. The first-order valence-corrected chi connectivity index (χ1v) is 8.99. The largest absolute Gasteiger partial charge is 0.444 e. The minimum absolute atomic E-state index is 0.0353.